The van der Waals surface area contributed by atoms with Crippen LogP contribution in [0.1, 0.15) is 34.3 Å². The van der Waals surface area contributed by atoms with E-state index in [9.17, 15) is 9.90 Å². The average Bonchev–Trinajstić information content (AvgIpc) is 2.65. The number of hydrogen-bond donors (Lipinski definition) is 3. The van der Waals surface area contributed by atoms with Gasteiger partial charge >= 0.3 is 5.97 Å². The Morgan fingerprint density at radius 1 is 1.08 bits per heavy atom. The molecule has 4 rings (SSSR count). The maximum Gasteiger partial charge on any atom is 0.335 e. The first-order valence-corrected chi connectivity index (χ1v) is 8.50. The number of carboxylic acids is 1. The topological polar surface area (TPSA) is 99.6 Å². The van der Waals surface area contributed by atoms with Crippen LogP contribution < -0.4 is 10.5 Å². The molecule has 2 aliphatic heterocycles. The Balaban J connectivity index is 1.83. The lowest BCUT2D eigenvalue weighted by molar-refractivity contribution is 0.0696. The molecule has 26 heavy (non-hydrogen) atoms. The fourth-order valence-electron chi connectivity index (χ4n) is 3.62. The lowest BCUT2D eigenvalue weighted by Gasteiger charge is -2.32. The lowest BCUT2D eigenvalue weighted by Crippen LogP contribution is -2.40. The first kappa shape index (κ1) is 16.2. The maximum absolute atomic E-state index is 11.3. The fourth-order valence-corrected chi connectivity index (χ4v) is 3.62. The number of nitrogens with two attached hydrogens (primary N) is 1. The summed E-state index contributed by atoms with van der Waals surface area (Å²) in [6.45, 7) is 1.42. The summed E-state index contributed by atoms with van der Waals surface area (Å²) in [5.74, 6) is 0.436. The van der Waals surface area contributed by atoms with Crippen LogP contribution in [0.4, 0.5) is 0 Å². The van der Waals surface area contributed by atoms with Crippen molar-refractivity contribution < 1.29 is 14.6 Å². The van der Waals surface area contributed by atoms with Gasteiger partial charge in [0, 0.05) is 24.2 Å². The van der Waals surface area contributed by atoms with Crippen LogP contribution >= 0.6 is 0 Å². The molecule has 0 amide bonds. The molecule has 0 aromatic heterocycles. The van der Waals surface area contributed by atoms with Gasteiger partial charge < -0.3 is 20.5 Å². The molecule has 0 aliphatic carbocycles. The van der Waals surface area contributed by atoms with E-state index >= 15 is 0 Å². The van der Waals surface area contributed by atoms with E-state index in [2.05, 4.69) is 0 Å². The van der Waals surface area contributed by atoms with Crippen molar-refractivity contribution in [3.05, 3.63) is 64.7 Å². The van der Waals surface area contributed by atoms with Gasteiger partial charge in [0.1, 0.15) is 11.5 Å². The number of rotatable bonds is 1. The van der Waals surface area contributed by atoms with Crippen molar-refractivity contribution >= 4 is 17.5 Å². The molecule has 6 heteroatoms. The number of carboxylic acid groups (broad SMARTS) is 1. The van der Waals surface area contributed by atoms with Crippen LogP contribution in [0.15, 0.2) is 48.0 Å². The highest BCUT2D eigenvalue weighted by molar-refractivity contribution is 5.93. The van der Waals surface area contributed by atoms with E-state index in [0.717, 1.165) is 35.3 Å². The number of aromatic carboxylic acids is 1. The number of hydrogen-bond acceptors (Lipinski definition) is 3. The van der Waals surface area contributed by atoms with Crippen LogP contribution in [0.25, 0.3) is 5.57 Å². The third-order valence-corrected chi connectivity index (χ3v) is 4.94. The largest absolute Gasteiger partial charge is 0.478 e. The zero-order valence-electron chi connectivity index (χ0n) is 14.2. The first-order valence-electron chi connectivity index (χ1n) is 8.50. The minimum Gasteiger partial charge on any atom is -0.478 e. The highest BCUT2D eigenvalue weighted by Gasteiger charge is 2.27. The summed E-state index contributed by atoms with van der Waals surface area (Å²) in [4.78, 5) is 13.2. The quantitative estimate of drug-likeness (QED) is 0.462. The van der Waals surface area contributed by atoms with Gasteiger partial charge in [0.2, 0.25) is 0 Å². The van der Waals surface area contributed by atoms with Gasteiger partial charge in [-0.1, -0.05) is 23.8 Å². The van der Waals surface area contributed by atoms with E-state index in [1.807, 2.05) is 35.2 Å². The molecule has 0 atom stereocenters. The van der Waals surface area contributed by atoms with E-state index in [1.165, 1.54) is 5.57 Å². The summed E-state index contributed by atoms with van der Waals surface area (Å²) in [7, 11) is 0. The predicted octanol–water partition coefficient (Wildman–Crippen LogP) is 3.28. The number of guanidine groups is 1. The summed E-state index contributed by atoms with van der Waals surface area (Å²) in [5.41, 5.74) is 10.1. The Bertz CT molecular complexity index is 939. The Labute approximate surface area is 151 Å². The van der Waals surface area contributed by atoms with Gasteiger partial charge in [-0.05, 0) is 42.7 Å². The maximum atomic E-state index is 11.3. The van der Waals surface area contributed by atoms with Crippen molar-refractivity contribution in [1.82, 2.24) is 4.90 Å². The third kappa shape index (κ3) is 2.69. The Morgan fingerprint density at radius 3 is 2.46 bits per heavy atom. The number of piperidine rings is 1. The van der Waals surface area contributed by atoms with Crippen molar-refractivity contribution in [2.45, 2.75) is 12.8 Å². The average molecular weight is 349 g/mol. The molecule has 1 fully saturated rings. The number of likely N-dealkylation sites (tertiary alicyclic amines) is 1. The van der Waals surface area contributed by atoms with E-state index in [0.29, 0.717) is 18.8 Å². The van der Waals surface area contributed by atoms with Crippen LogP contribution in [0.5, 0.6) is 11.5 Å². The molecule has 0 saturated carbocycles. The van der Waals surface area contributed by atoms with Crippen molar-refractivity contribution in [1.29, 1.82) is 5.41 Å². The molecular formula is C20H19N3O3. The summed E-state index contributed by atoms with van der Waals surface area (Å²) in [6, 6.07) is 12.8. The molecule has 2 aromatic rings. The number of para-hydroxylation sites is 1. The molecule has 2 aromatic carbocycles. The Hall–Kier alpha value is -3.28. The molecular weight excluding hydrogens is 330 g/mol. The number of benzene rings is 2. The molecule has 4 N–H and O–H groups in total. The van der Waals surface area contributed by atoms with Crippen molar-refractivity contribution in [2.75, 3.05) is 13.1 Å². The molecule has 0 unspecified atom stereocenters. The Kier molecular flexibility index (Phi) is 3.88. The van der Waals surface area contributed by atoms with Crippen LogP contribution in [0, 0.1) is 5.41 Å². The monoisotopic (exact) mass is 349 g/mol. The molecule has 0 bridgehead atoms. The fraction of sp³-hybridized carbons (Fsp3) is 0.200. The first-order chi connectivity index (χ1) is 12.5. The number of nitrogens with zero attached hydrogens (tertiary/aromatic N) is 1. The molecule has 132 valence electrons. The zero-order valence-corrected chi connectivity index (χ0v) is 14.2. The van der Waals surface area contributed by atoms with Crippen molar-refractivity contribution in [3.63, 3.8) is 0 Å². The number of fused-ring (bicyclic) bond motifs is 2. The second-order valence-corrected chi connectivity index (χ2v) is 6.47. The molecule has 6 nitrogen and oxygen atoms in total. The standard InChI is InChI=1S/C20H19N3O3/c21-20(22)23-9-7-12(8-10-23)18-14-3-1-2-4-16(14)26-17-11-13(19(24)25)5-6-15(17)18/h1-6,11H,7-10H2,(H3,21,22)(H,24,25). The lowest BCUT2D eigenvalue weighted by atomic mass is 9.86. The van der Waals surface area contributed by atoms with Gasteiger partial charge in [-0.25, -0.2) is 4.79 Å². The molecule has 0 spiro atoms. The summed E-state index contributed by atoms with van der Waals surface area (Å²) in [6.07, 6.45) is 1.62. The normalized spacial score (nSPS) is 15.8. The van der Waals surface area contributed by atoms with Gasteiger partial charge in [0.05, 0.1) is 5.56 Å². The van der Waals surface area contributed by atoms with Gasteiger partial charge in [0.15, 0.2) is 5.96 Å². The van der Waals surface area contributed by atoms with E-state index < -0.39 is 5.97 Å². The van der Waals surface area contributed by atoms with Gasteiger partial charge in [-0.3, -0.25) is 5.41 Å². The van der Waals surface area contributed by atoms with Crippen molar-refractivity contribution in [2.24, 2.45) is 5.73 Å². The van der Waals surface area contributed by atoms with Crippen LogP contribution in [-0.4, -0.2) is 35.0 Å². The van der Waals surface area contributed by atoms with E-state index in [1.54, 1.807) is 12.1 Å². The van der Waals surface area contributed by atoms with E-state index in [4.69, 9.17) is 15.9 Å². The summed E-state index contributed by atoms with van der Waals surface area (Å²) < 4.78 is 5.99. The molecule has 1 saturated heterocycles. The predicted molar refractivity (Wildman–Crippen MR) is 98.7 cm³/mol. The highest BCUT2D eigenvalue weighted by Crippen LogP contribution is 2.46. The summed E-state index contributed by atoms with van der Waals surface area (Å²) >= 11 is 0. The minimum absolute atomic E-state index is 0.105. The molecule has 2 heterocycles. The Morgan fingerprint density at radius 2 is 1.77 bits per heavy atom. The number of ether oxygens (including phenoxy) is 1. The SMILES string of the molecule is N=C(N)N1CCC(=C2c3ccccc3Oc3cc(C(=O)O)ccc32)CC1. The minimum atomic E-state index is -0.973. The second-order valence-electron chi connectivity index (χ2n) is 6.47. The third-order valence-electron chi connectivity index (χ3n) is 4.94. The van der Waals surface area contributed by atoms with E-state index in [-0.39, 0.29) is 11.5 Å². The van der Waals surface area contributed by atoms with Crippen molar-refractivity contribution in [3.8, 4) is 11.5 Å². The second kappa shape index (κ2) is 6.22. The van der Waals surface area contributed by atoms with Gasteiger partial charge in [0.25, 0.3) is 0 Å². The van der Waals surface area contributed by atoms with Crippen LogP contribution in [-0.2, 0) is 0 Å². The smallest absolute Gasteiger partial charge is 0.335 e. The van der Waals surface area contributed by atoms with Gasteiger partial charge in [-0.2, -0.15) is 0 Å². The summed E-state index contributed by atoms with van der Waals surface area (Å²) in [5, 5.41) is 16.9. The molecule has 0 radical (unpaired) electrons. The highest BCUT2D eigenvalue weighted by atomic mass is 16.5. The number of carbonyl (C=O) groups is 1. The van der Waals surface area contributed by atoms with Crippen LogP contribution in [0.3, 0.4) is 0 Å². The molecule has 2 aliphatic rings. The van der Waals surface area contributed by atoms with Gasteiger partial charge in [-0.15, -0.1) is 0 Å². The number of nitrogens with one attached hydrogen (secondary N) is 1. The zero-order chi connectivity index (χ0) is 18.3. The van der Waals surface area contributed by atoms with Crippen LogP contribution in [0.2, 0.25) is 0 Å².